The van der Waals surface area contributed by atoms with Crippen LogP contribution in [-0.4, -0.2) is 30.3 Å². The van der Waals surface area contributed by atoms with Crippen LogP contribution in [0.15, 0.2) is 56.4 Å². The molecule has 3 rings (SSSR count). The Labute approximate surface area is 137 Å². The Bertz CT molecular complexity index is 961. The average molecular weight is 347 g/mol. The molecule has 0 fully saturated rings. The zero-order chi connectivity index (χ0) is 17.2. The number of benzene rings is 1. The van der Waals surface area contributed by atoms with Crippen LogP contribution < -0.4 is 5.32 Å². The van der Waals surface area contributed by atoms with E-state index in [0.29, 0.717) is 5.76 Å². The number of anilines is 1. The second kappa shape index (κ2) is 6.28. The first-order valence-corrected chi connectivity index (χ1v) is 8.66. The number of nitrogens with one attached hydrogen (secondary N) is 1. The molecular weight excluding hydrogens is 334 g/mol. The fraction of sp³-hybridized carbons (Fsp3) is 0.133. The van der Waals surface area contributed by atoms with E-state index in [1.54, 1.807) is 12.1 Å². The van der Waals surface area contributed by atoms with Gasteiger partial charge < -0.3 is 8.83 Å². The quantitative estimate of drug-likeness (QED) is 0.753. The average Bonchev–Trinajstić information content (AvgIpc) is 3.26. The molecule has 1 aromatic carbocycles. The normalized spacial score (nSPS) is 11.4. The van der Waals surface area contributed by atoms with Gasteiger partial charge in [0, 0.05) is 5.56 Å². The molecule has 0 saturated heterocycles. The molecule has 8 nitrogen and oxygen atoms in total. The van der Waals surface area contributed by atoms with Gasteiger partial charge in [0.1, 0.15) is 0 Å². The molecule has 0 aliphatic heterocycles. The van der Waals surface area contributed by atoms with Crippen molar-refractivity contribution < 1.29 is 22.0 Å². The minimum Gasteiger partial charge on any atom is -0.459 e. The Balaban J connectivity index is 1.80. The van der Waals surface area contributed by atoms with Gasteiger partial charge in [-0.2, -0.15) is 0 Å². The zero-order valence-corrected chi connectivity index (χ0v) is 13.4. The smallest absolute Gasteiger partial charge is 0.322 e. The maximum atomic E-state index is 12.2. The lowest BCUT2D eigenvalue weighted by atomic mass is 10.2. The van der Waals surface area contributed by atoms with Crippen LogP contribution >= 0.6 is 0 Å². The van der Waals surface area contributed by atoms with Gasteiger partial charge in [-0.1, -0.05) is 18.1 Å². The highest BCUT2D eigenvalue weighted by Crippen LogP contribution is 2.20. The highest BCUT2D eigenvalue weighted by molar-refractivity contribution is 7.91. The predicted molar refractivity (Wildman–Crippen MR) is 84.1 cm³/mol. The lowest BCUT2D eigenvalue weighted by Crippen LogP contribution is -2.13. The maximum absolute atomic E-state index is 12.2. The summed E-state index contributed by atoms with van der Waals surface area (Å²) in [5.74, 6) is -0.108. The molecule has 0 aliphatic carbocycles. The number of aromatic nitrogens is 2. The molecule has 2 aromatic heterocycles. The molecule has 0 saturated carbocycles. The summed E-state index contributed by atoms with van der Waals surface area (Å²) in [7, 11) is -3.40. The van der Waals surface area contributed by atoms with E-state index in [1.807, 2.05) is 0 Å². The third kappa shape index (κ3) is 3.20. The Morgan fingerprint density at radius 3 is 2.75 bits per heavy atom. The van der Waals surface area contributed by atoms with E-state index in [-0.39, 0.29) is 28.1 Å². The predicted octanol–water partition coefficient (Wildman–Crippen LogP) is 2.38. The summed E-state index contributed by atoms with van der Waals surface area (Å²) >= 11 is 0. The molecule has 1 N–H and O–H groups in total. The molecule has 124 valence electrons. The highest BCUT2D eigenvalue weighted by Gasteiger charge is 2.17. The van der Waals surface area contributed by atoms with E-state index in [0.717, 1.165) is 0 Å². The van der Waals surface area contributed by atoms with Gasteiger partial charge in [-0.3, -0.25) is 10.1 Å². The Kier molecular flexibility index (Phi) is 4.17. The van der Waals surface area contributed by atoms with Crippen molar-refractivity contribution in [2.75, 3.05) is 11.1 Å². The fourth-order valence-electron chi connectivity index (χ4n) is 1.94. The van der Waals surface area contributed by atoms with Gasteiger partial charge in [0.2, 0.25) is 0 Å². The summed E-state index contributed by atoms with van der Waals surface area (Å²) in [5, 5.41) is 9.87. The largest absolute Gasteiger partial charge is 0.459 e. The number of amides is 1. The molecule has 0 radical (unpaired) electrons. The topological polar surface area (TPSA) is 115 Å². The maximum Gasteiger partial charge on any atom is 0.322 e. The van der Waals surface area contributed by atoms with Crippen LogP contribution in [0.1, 0.15) is 17.3 Å². The third-order valence-electron chi connectivity index (χ3n) is 3.21. The number of carbonyl (C=O) groups is 1. The first-order chi connectivity index (χ1) is 11.5. The molecule has 1 amide bonds. The first kappa shape index (κ1) is 15.9. The summed E-state index contributed by atoms with van der Waals surface area (Å²) < 4.78 is 34.2. The van der Waals surface area contributed by atoms with Gasteiger partial charge in [-0.25, -0.2) is 8.42 Å². The molecule has 9 heteroatoms. The van der Waals surface area contributed by atoms with Gasteiger partial charge in [0.15, 0.2) is 15.6 Å². The second-order valence-corrected chi connectivity index (χ2v) is 7.05. The van der Waals surface area contributed by atoms with Gasteiger partial charge in [0.25, 0.3) is 11.8 Å². The van der Waals surface area contributed by atoms with E-state index in [2.05, 4.69) is 15.5 Å². The highest BCUT2D eigenvalue weighted by atomic mass is 32.2. The molecular formula is C15H13N3O5S. The molecule has 2 heterocycles. The van der Waals surface area contributed by atoms with E-state index >= 15 is 0 Å². The van der Waals surface area contributed by atoms with Crippen LogP contribution in [0.5, 0.6) is 0 Å². The SMILES string of the molecule is CCS(=O)(=O)c1cccc(C(=O)Nc2nnc(-c3ccco3)o2)c1. The molecule has 0 spiro atoms. The number of hydrogen-bond acceptors (Lipinski definition) is 7. The van der Waals surface area contributed by atoms with Crippen LogP contribution in [0.3, 0.4) is 0 Å². The van der Waals surface area contributed by atoms with Gasteiger partial charge in [0.05, 0.1) is 16.9 Å². The summed E-state index contributed by atoms with van der Waals surface area (Å²) in [6.07, 6.45) is 1.46. The van der Waals surface area contributed by atoms with Crippen LogP contribution in [0.4, 0.5) is 6.01 Å². The first-order valence-electron chi connectivity index (χ1n) is 7.01. The number of nitrogens with zero attached hydrogens (tertiary/aromatic N) is 2. The lowest BCUT2D eigenvalue weighted by molar-refractivity contribution is 0.102. The number of sulfone groups is 1. The van der Waals surface area contributed by atoms with Crippen molar-refractivity contribution in [2.24, 2.45) is 0 Å². The van der Waals surface area contributed by atoms with E-state index in [1.165, 1.54) is 37.5 Å². The van der Waals surface area contributed by atoms with Crippen molar-refractivity contribution in [3.05, 3.63) is 48.2 Å². The van der Waals surface area contributed by atoms with Crippen molar-refractivity contribution >= 4 is 21.8 Å². The van der Waals surface area contributed by atoms with Crippen LogP contribution in [0.2, 0.25) is 0 Å². The minimum absolute atomic E-state index is 0.0474. The fourth-order valence-corrected chi connectivity index (χ4v) is 2.87. The molecule has 3 aromatic rings. The molecule has 0 unspecified atom stereocenters. The van der Waals surface area contributed by atoms with Crippen LogP contribution in [0, 0.1) is 0 Å². The zero-order valence-electron chi connectivity index (χ0n) is 12.6. The van der Waals surface area contributed by atoms with Crippen molar-refractivity contribution in [1.82, 2.24) is 10.2 Å². The lowest BCUT2D eigenvalue weighted by Gasteiger charge is -2.04. The number of rotatable bonds is 5. The monoisotopic (exact) mass is 347 g/mol. The summed E-state index contributed by atoms with van der Waals surface area (Å²) in [6, 6.07) is 8.92. The van der Waals surface area contributed by atoms with Gasteiger partial charge in [-0.05, 0) is 30.3 Å². The minimum atomic E-state index is -3.40. The Hall–Kier alpha value is -2.94. The van der Waals surface area contributed by atoms with E-state index in [4.69, 9.17) is 8.83 Å². The van der Waals surface area contributed by atoms with Crippen molar-refractivity contribution in [3.8, 4) is 11.7 Å². The van der Waals surface area contributed by atoms with Crippen molar-refractivity contribution in [3.63, 3.8) is 0 Å². The molecule has 0 bridgehead atoms. The molecule has 24 heavy (non-hydrogen) atoms. The summed E-state index contributed by atoms with van der Waals surface area (Å²) in [4.78, 5) is 12.3. The molecule has 0 atom stereocenters. The Morgan fingerprint density at radius 1 is 1.21 bits per heavy atom. The number of carbonyl (C=O) groups excluding carboxylic acids is 1. The summed E-state index contributed by atoms with van der Waals surface area (Å²) in [6.45, 7) is 1.54. The van der Waals surface area contributed by atoms with Gasteiger partial charge >= 0.3 is 6.01 Å². The third-order valence-corrected chi connectivity index (χ3v) is 4.95. The number of hydrogen-bond donors (Lipinski definition) is 1. The Morgan fingerprint density at radius 2 is 2.04 bits per heavy atom. The standard InChI is InChI=1S/C15H13N3O5S/c1-2-24(20,21)11-6-3-5-10(9-11)13(19)16-15-18-17-14(23-15)12-7-4-8-22-12/h3-9H,2H2,1H3,(H,16,18,19). The molecule has 0 aliphatic rings. The van der Waals surface area contributed by atoms with Crippen molar-refractivity contribution in [2.45, 2.75) is 11.8 Å². The van der Waals surface area contributed by atoms with Crippen LogP contribution in [0.25, 0.3) is 11.7 Å². The number of furan rings is 1. The van der Waals surface area contributed by atoms with Crippen molar-refractivity contribution in [1.29, 1.82) is 0 Å². The second-order valence-electron chi connectivity index (χ2n) is 4.78. The summed E-state index contributed by atoms with van der Waals surface area (Å²) in [5.41, 5.74) is 0.169. The van der Waals surface area contributed by atoms with E-state index < -0.39 is 15.7 Å². The van der Waals surface area contributed by atoms with E-state index in [9.17, 15) is 13.2 Å². The van der Waals surface area contributed by atoms with Gasteiger partial charge in [-0.15, -0.1) is 5.10 Å². The van der Waals surface area contributed by atoms with Crippen LogP contribution in [-0.2, 0) is 9.84 Å².